The summed E-state index contributed by atoms with van der Waals surface area (Å²) in [5.41, 5.74) is 1.38. The number of thiazole rings is 1. The maximum Gasteiger partial charge on any atom is 0.278 e. The molecule has 13 heteroatoms. The van der Waals surface area contributed by atoms with Gasteiger partial charge in [-0.1, -0.05) is 23.5 Å². The number of likely N-dealkylation sites (N-methyl/N-ethyl adjacent to an activating group) is 1. The van der Waals surface area contributed by atoms with Crippen LogP contribution in [0.2, 0.25) is 0 Å². The molecule has 2 aliphatic rings. The third-order valence-electron chi connectivity index (χ3n) is 6.56. The number of hydrogen-bond acceptors (Lipinski definition) is 11. The first-order valence-corrected chi connectivity index (χ1v) is 15.3. The highest BCUT2D eigenvalue weighted by Gasteiger charge is 2.31. The van der Waals surface area contributed by atoms with Gasteiger partial charge >= 0.3 is 0 Å². The minimum atomic E-state index is -3.50. The number of rotatable bonds is 10. The third-order valence-corrected chi connectivity index (χ3v) is 9.62. The first-order chi connectivity index (χ1) is 18.8. The van der Waals surface area contributed by atoms with Crippen LogP contribution in [0.15, 0.2) is 46.4 Å². The second-order valence-electron chi connectivity index (χ2n) is 9.76. The molecule has 0 unspecified atom stereocenters. The molecule has 1 N–H and O–H groups in total. The van der Waals surface area contributed by atoms with E-state index in [-0.39, 0.29) is 17.2 Å². The van der Waals surface area contributed by atoms with Crippen LogP contribution in [0.5, 0.6) is 5.88 Å². The second-order valence-corrected chi connectivity index (χ2v) is 13.0. The van der Waals surface area contributed by atoms with E-state index in [1.54, 1.807) is 18.2 Å². The lowest BCUT2D eigenvalue weighted by molar-refractivity contribution is -0.110. The van der Waals surface area contributed by atoms with Crippen LogP contribution in [0, 0.1) is 0 Å². The fourth-order valence-corrected chi connectivity index (χ4v) is 6.76. The molecule has 208 valence electrons. The molecule has 2 fully saturated rings. The van der Waals surface area contributed by atoms with Crippen molar-refractivity contribution in [3.05, 3.63) is 42.0 Å². The molecular weight excluding hydrogens is 540 g/mol. The summed E-state index contributed by atoms with van der Waals surface area (Å²) in [5, 5.41) is 9.21. The van der Waals surface area contributed by atoms with E-state index in [0.717, 1.165) is 32.5 Å². The quantitative estimate of drug-likeness (QED) is 0.365. The van der Waals surface area contributed by atoms with E-state index in [0.29, 0.717) is 46.6 Å². The summed E-state index contributed by atoms with van der Waals surface area (Å²) < 4.78 is 36.9. The van der Waals surface area contributed by atoms with Gasteiger partial charge in [-0.05, 0) is 51.6 Å². The average molecular weight is 573 g/mol. The molecule has 0 saturated carbocycles. The Balaban J connectivity index is 1.35. The lowest BCUT2D eigenvalue weighted by Crippen LogP contribution is -2.27. The van der Waals surface area contributed by atoms with Gasteiger partial charge in [-0.2, -0.15) is 5.10 Å². The molecule has 1 atom stereocenters. The normalized spacial score (nSPS) is 18.3. The molecular formula is C26H32N6O5S2. The molecule has 0 aliphatic carbocycles. The summed E-state index contributed by atoms with van der Waals surface area (Å²) >= 11 is 1.25. The van der Waals surface area contributed by atoms with Gasteiger partial charge in [0, 0.05) is 37.9 Å². The fourth-order valence-electron chi connectivity index (χ4n) is 4.35. The van der Waals surface area contributed by atoms with Gasteiger partial charge in [-0.15, -0.1) is 0 Å². The van der Waals surface area contributed by atoms with Crippen LogP contribution in [-0.2, 0) is 19.4 Å². The lowest BCUT2D eigenvalue weighted by Gasteiger charge is -2.15. The minimum absolute atomic E-state index is 0.199. The summed E-state index contributed by atoms with van der Waals surface area (Å²) in [6.07, 6.45) is 2.48. The van der Waals surface area contributed by atoms with Crippen molar-refractivity contribution in [2.45, 2.75) is 29.4 Å². The predicted octanol–water partition coefficient (Wildman–Crippen LogP) is 2.63. The van der Waals surface area contributed by atoms with E-state index in [1.165, 1.54) is 23.5 Å². The van der Waals surface area contributed by atoms with Crippen LogP contribution < -0.4 is 10.1 Å². The molecule has 39 heavy (non-hydrogen) atoms. The van der Waals surface area contributed by atoms with E-state index in [2.05, 4.69) is 20.4 Å². The number of hydrazone groups is 1. The molecule has 1 aromatic carbocycles. The molecule has 2 aromatic heterocycles. The van der Waals surface area contributed by atoms with Crippen LogP contribution in [0.4, 0.5) is 5.13 Å². The number of nitrogens with one attached hydrogen (secondary N) is 1. The SMILES string of the molecule is CN(C)CCOc1ccc2nc(NC(=O)/C(=N/N3CCCC3)c3ccc(S(=O)(=O)[C@H]4CCOC4)cc3)sc2n1. The zero-order valence-electron chi connectivity index (χ0n) is 22.0. The van der Waals surface area contributed by atoms with Gasteiger partial charge in [0.05, 0.1) is 16.8 Å². The van der Waals surface area contributed by atoms with Crippen molar-refractivity contribution in [3.8, 4) is 5.88 Å². The van der Waals surface area contributed by atoms with Crippen LogP contribution in [0.25, 0.3) is 10.3 Å². The van der Waals surface area contributed by atoms with Crippen molar-refractivity contribution in [1.82, 2.24) is 19.9 Å². The highest BCUT2D eigenvalue weighted by Crippen LogP contribution is 2.27. The summed E-state index contributed by atoms with van der Waals surface area (Å²) in [5.74, 6) is 0.0737. The molecule has 0 bridgehead atoms. The number of carbonyl (C=O) groups excluding carboxylic acids is 1. The standard InChI is InChI=1S/C26H32N6O5S2/c1-31(2)14-16-37-22-10-9-21-25(28-22)38-26(27-21)29-24(33)23(30-32-12-3-4-13-32)18-5-7-19(8-6-18)39(34,35)20-11-15-36-17-20/h5-10,20H,3-4,11-17H2,1-2H3,(H,27,29,33)/b30-23+/t20-/m0/s1. The summed E-state index contributed by atoms with van der Waals surface area (Å²) in [6.45, 7) is 3.44. The molecule has 1 amide bonds. The maximum absolute atomic E-state index is 13.5. The topological polar surface area (TPSA) is 126 Å². The Hall–Kier alpha value is -3.13. The van der Waals surface area contributed by atoms with Gasteiger partial charge in [0.15, 0.2) is 20.7 Å². The molecule has 4 heterocycles. The number of benzene rings is 1. The fraction of sp³-hybridized carbons (Fsp3) is 0.462. The molecule has 0 radical (unpaired) electrons. The summed E-state index contributed by atoms with van der Waals surface area (Å²) in [7, 11) is 0.443. The number of fused-ring (bicyclic) bond motifs is 1. The number of ether oxygens (including phenoxy) is 2. The van der Waals surface area contributed by atoms with Crippen molar-refractivity contribution < 1.29 is 22.7 Å². The molecule has 2 aliphatic heterocycles. The summed E-state index contributed by atoms with van der Waals surface area (Å²) in [4.78, 5) is 25.4. The third kappa shape index (κ3) is 6.55. The van der Waals surface area contributed by atoms with Crippen LogP contribution in [0.1, 0.15) is 24.8 Å². The van der Waals surface area contributed by atoms with Gasteiger partial charge in [0.25, 0.3) is 5.91 Å². The van der Waals surface area contributed by atoms with Crippen LogP contribution >= 0.6 is 11.3 Å². The maximum atomic E-state index is 13.5. The van der Waals surface area contributed by atoms with E-state index in [9.17, 15) is 13.2 Å². The Morgan fingerprint density at radius 1 is 1.18 bits per heavy atom. The number of amides is 1. The van der Waals surface area contributed by atoms with Gasteiger partial charge in [0.2, 0.25) is 5.88 Å². The monoisotopic (exact) mass is 572 g/mol. The predicted molar refractivity (Wildman–Crippen MR) is 150 cm³/mol. The van der Waals surface area contributed by atoms with Gasteiger partial charge in [-0.25, -0.2) is 18.4 Å². The largest absolute Gasteiger partial charge is 0.476 e. The zero-order valence-corrected chi connectivity index (χ0v) is 23.6. The number of anilines is 1. The minimum Gasteiger partial charge on any atom is -0.476 e. The zero-order chi connectivity index (χ0) is 27.4. The van der Waals surface area contributed by atoms with E-state index >= 15 is 0 Å². The Labute approximate surface area is 231 Å². The highest BCUT2D eigenvalue weighted by molar-refractivity contribution is 7.92. The second kappa shape index (κ2) is 11.9. The smallest absolute Gasteiger partial charge is 0.278 e. The number of sulfone groups is 1. The lowest BCUT2D eigenvalue weighted by atomic mass is 10.1. The van der Waals surface area contributed by atoms with Crippen molar-refractivity contribution in [3.63, 3.8) is 0 Å². The number of hydrogen-bond donors (Lipinski definition) is 1. The highest BCUT2D eigenvalue weighted by atomic mass is 32.2. The van der Waals surface area contributed by atoms with Gasteiger partial charge in [-0.3, -0.25) is 15.1 Å². The molecule has 11 nitrogen and oxygen atoms in total. The molecule has 2 saturated heterocycles. The Kier molecular flexibility index (Phi) is 8.40. The van der Waals surface area contributed by atoms with E-state index in [4.69, 9.17) is 9.47 Å². The van der Waals surface area contributed by atoms with Crippen LogP contribution in [0.3, 0.4) is 0 Å². The Morgan fingerprint density at radius 2 is 1.95 bits per heavy atom. The van der Waals surface area contributed by atoms with Crippen molar-refractivity contribution in [1.29, 1.82) is 0 Å². The van der Waals surface area contributed by atoms with Gasteiger partial charge in [0.1, 0.15) is 17.0 Å². The van der Waals surface area contributed by atoms with Crippen molar-refractivity contribution >= 4 is 48.3 Å². The van der Waals surface area contributed by atoms with Crippen LogP contribution in [-0.4, -0.2) is 98.7 Å². The average Bonchev–Trinajstić information content (AvgIpc) is 3.69. The molecule has 3 aromatic rings. The Bertz CT molecular complexity index is 1440. The van der Waals surface area contributed by atoms with Gasteiger partial charge < -0.3 is 14.4 Å². The Morgan fingerprint density at radius 3 is 2.64 bits per heavy atom. The van der Waals surface area contributed by atoms with Crippen molar-refractivity contribution in [2.75, 3.05) is 58.9 Å². The number of carbonyl (C=O) groups is 1. The first-order valence-electron chi connectivity index (χ1n) is 12.9. The number of nitrogens with zero attached hydrogens (tertiary/aromatic N) is 5. The first kappa shape index (κ1) is 27.4. The summed E-state index contributed by atoms with van der Waals surface area (Å²) in [6, 6.07) is 9.91. The van der Waals surface area contributed by atoms with E-state index < -0.39 is 21.0 Å². The number of aromatic nitrogens is 2. The number of pyridine rings is 1. The molecule has 5 rings (SSSR count). The van der Waals surface area contributed by atoms with Crippen molar-refractivity contribution in [2.24, 2.45) is 5.10 Å². The molecule has 0 spiro atoms. The van der Waals surface area contributed by atoms with E-state index in [1.807, 2.05) is 30.1 Å².